The number of carbonyl (C=O) groups is 1. The molecular formula is C7H16O2SSi. The smallest absolute Gasteiger partial charge is 0.313 e. The van der Waals surface area contributed by atoms with Crippen molar-refractivity contribution in [2.24, 2.45) is 0 Å². The maximum atomic E-state index is 10.2. The summed E-state index contributed by atoms with van der Waals surface area (Å²) >= 11 is 1.55. The Morgan fingerprint density at radius 1 is 1.55 bits per heavy atom. The predicted octanol–water partition coefficient (Wildman–Crippen LogP) is 2.07. The van der Waals surface area contributed by atoms with Crippen LogP contribution in [0.5, 0.6) is 0 Å². The molecular weight excluding hydrogens is 176 g/mol. The molecule has 0 fully saturated rings. The van der Waals surface area contributed by atoms with Crippen molar-refractivity contribution >= 4 is 25.8 Å². The van der Waals surface area contributed by atoms with Crippen molar-refractivity contribution in [3.05, 3.63) is 0 Å². The zero-order chi connectivity index (χ0) is 9.07. The third-order valence-corrected chi connectivity index (χ3v) is 7.65. The first kappa shape index (κ1) is 11.0. The Labute approximate surface area is 73.4 Å². The second kappa shape index (κ2) is 4.16. The minimum Gasteiger partial charge on any atom is -0.481 e. The van der Waals surface area contributed by atoms with Gasteiger partial charge < -0.3 is 5.11 Å². The van der Waals surface area contributed by atoms with Gasteiger partial charge in [0.15, 0.2) is 0 Å². The highest BCUT2D eigenvalue weighted by molar-refractivity contribution is 8.02. The number of carboxylic acids is 1. The van der Waals surface area contributed by atoms with E-state index in [1.165, 1.54) is 0 Å². The average molecular weight is 192 g/mol. The van der Waals surface area contributed by atoms with Gasteiger partial charge in [0.1, 0.15) is 0 Å². The van der Waals surface area contributed by atoms with E-state index < -0.39 is 14.0 Å². The molecule has 0 amide bonds. The predicted molar refractivity (Wildman–Crippen MR) is 52.9 cm³/mol. The van der Waals surface area contributed by atoms with Gasteiger partial charge in [-0.2, -0.15) is 11.8 Å². The maximum absolute atomic E-state index is 10.2. The molecule has 0 radical (unpaired) electrons. The summed E-state index contributed by atoms with van der Waals surface area (Å²) in [6, 6.07) is 0. The molecule has 0 bridgehead atoms. The van der Waals surface area contributed by atoms with Gasteiger partial charge in [0, 0.05) is 0 Å². The molecule has 2 nitrogen and oxygen atoms in total. The van der Waals surface area contributed by atoms with Gasteiger partial charge in [0.2, 0.25) is 0 Å². The van der Waals surface area contributed by atoms with E-state index in [-0.39, 0.29) is 5.75 Å². The second-order valence-corrected chi connectivity index (χ2v) is 11.1. The molecule has 0 aromatic carbocycles. The van der Waals surface area contributed by atoms with E-state index in [4.69, 9.17) is 5.11 Å². The molecule has 0 heterocycles. The lowest BCUT2D eigenvalue weighted by Crippen LogP contribution is -2.33. The Hall–Kier alpha value is 0.0369. The van der Waals surface area contributed by atoms with Crippen LogP contribution in [0.2, 0.25) is 19.6 Å². The lowest BCUT2D eigenvalue weighted by Gasteiger charge is -2.23. The molecule has 1 N–H and O–H groups in total. The molecule has 0 rings (SSSR count). The second-order valence-electron chi connectivity index (χ2n) is 3.71. The average Bonchev–Trinajstić information content (AvgIpc) is 1.80. The van der Waals surface area contributed by atoms with Crippen LogP contribution in [0.1, 0.15) is 6.92 Å². The van der Waals surface area contributed by atoms with Crippen LogP contribution in [-0.2, 0) is 4.79 Å². The number of aliphatic carboxylic acids is 1. The Balaban J connectivity index is 3.70. The zero-order valence-corrected chi connectivity index (χ0v) is 9.36. The first-order chi connectivity index (χ1) is 4.84. The fraction of sp³-hybridized carbons (Fsp3) is 0.857. The summed E-state index contributed by atoms with van der Waals surface area (Å²) in [7, 11) is -1.13. The van der Waals surface area contributed by atoms with Crippen molar-refractivity contribution in [3.63, 3.8) is 0 Å². The standard InChI is InChI=1S/C7H16O2SSi/c1-6(11(2,3)4)10-5-7(8)9/h6H,5H2,1-4H3,(H,8,9). The summed E-state index contributed by atoms with van der Waals surface area (Å²) in [6.45, 7) is 8.89. The molecule has 1 atom stereocenters. The molecule has 0 aliphatic heterocycles. The third-order valence-electron chi connectivity index (χ3n) is 1.68. The normalized spacial score (nSPS) is 14.5. The highest BCUT2D eigenvalue weighted by Gasteiger charge is 2.22. The molecule has 11 heavy (non-hydrogen) atoms. The van der Waals surface area contributed by atoms with Crippen LogP contribution in [0.3, 0.4) is 0 Å². The van der Waals surface area contributed by atoms with Gasteiger partial charge in [-0.15, -0.1) is 0 Å². The van der Waals surface area contributed by atoms with E-state index in [1.807, 2.05) is 0 Å². The Morgan fingerprint density at radius 3 is 2.27 bits per heavy atom. The highest BCUT2D eigenvalue weighted by Crippen LogP contribution is 2.21. The first-order valence-electron chi connectivity index (χ1n) is 3.67. The summed E-state index contributed by atoms with van der Waals surface area (Å²) < 4.78 is 0. The van der Waals surface area contributed by atoms with E-state index in [0.29, 0.717) is 4.87 Å². The molecule has 4 heteroatoms. The van der Waals surface area contributed by atoms with E-state index in [9.17, 15) is 4.79 Å². The van der Waals surface area contributed by atoms with Crippen LogP contribution >= 0.6 is 11.8 Å². The SMILES string of the molecule is CC(SCC(=O)O)[Si](C)(C)C. The number of thioether (sulfide) groups is 1. The molecule has 1 unspecified atom stereocenters. The summed E-state index contributed by atoms with van der Waals surface area (Å²) in [4.78, 5) is 10.8. The first-order valence-corrected chi connectivity index (χ1v) is 8.30. The number of hydrogen-bond acceptors (Lipinski definition) is 2. The zero-order valence-electron chi connectivity index (χ0n) is 7.55. The number of carboxylic acid groups (broad SMARTS) is 1. The Morgan fingerprint density at radius 2 is 2.00 bits per heavy atom. The van der Waals surface area contributed by atoms with Crippen molar-refractivity contribution in [2.45, 2.75) is 31.4 Å². The van der Waals surface area contributed by atoms with Crippen molar-refractivity contribution in [3.8, 4) is 0 Å². The van der Waals surface area contributed by atoms with Crippen LogP contribution in [0.15, 0.2) is 0 Å². The molecule has 0 aliphatic carbocycles. The van der Waals surface area contributed by atoms with Crippen LogP contribution in [0.25, 0.3) is 0 Å². The highest BCUT2D eigenvalue weighted by atomic mass is 32.2. The fourth-order valence-electron chi connectivity index (χ4n) is 0.446. The molecule has 66 valence electrons. The molecule has 0 saturated carbocycles. The minimum absolute atomic E-state index is 0.242. The van der Waals surface area contributed by atoms with E-state index in [1.54, 1.807) is 11.8 Å². The molecule has 0 saturated heterocycles. The number of hydrogen-bond donors (Lipinski definition) is 1. The summed E-state index contributed by atoms with van der Waals surface area (Å²) in [5, 5.41) is 8.42. The van der Waals surface area contributed by atoms with E-state index >= 15 is 0 Å². The van der Waals surface area contributed by atoms with Crippen molar-refractivity contribution in [2.75, 3.05) is 5.75 Å². The topological polar surface area (TPSA) is 37.3 Å². The quantitative estimate of drug-likeness (QED) is 0.693. The van der Waals surface area contributed by atoms with Crippen molar-refractivity contribution < 1.29 is 9.90 Å². The summed E-state index contributed by atoms with van der Waals surface area (Å²) in [5.74, 6) is -0.467. The molecule has 0 aromatic rings. The van der Waals surface area contributed by atoms with Crippen LogP contribution in [0, 0.1) is 0 Å². The van der Waals surface area contributed by atoms with Gasteiger partial charge in [-0.05, 0) is 4.87 Å². The van der Waals surface area contributed by atoms with Gasteiger partial charge >= 0.3 is 5.97 Å². The molecule has 0 aromatic heterocycles. The Bertz CT molecular complexity index is 142. The van der Waals surface area contributed by atoms with E-state index in [0.717, 1.165) is 0 Å². The molecule has 0 spiro atoms. The van der Waals surface area contributed by atoms with Gasteiger partial charge in [0.25, 0.3) is 0 Å². The van der Waals surface area contributed by atoms with Crippen LogP contribution in [0.4, 0.5) is 0 Å². The lowest BCUT2D eigenvalue weighted by molar-refractivity contribution is -0.133. The largest absolute Gasteiger partial charge is 0.481 e. The van der Waals surface area contributed by atoms with Crippen molar-refractivity contribution in [1.29, 1.82) is 0 Å². The van der Waals surface area contributed by atoms with Crippen LogP contribution < -0.4 is 0 Å². The lowest BCUT2D eigenvalue weighted by atomic mass is 10.8. The van der Waals surface area contributed by atoms with Gasteiger partial charge in [-0.1, -0.05) is 26.6 Å². The fourth-order valence-corrected chi connectivity index (χ4v) is 3.09. The van der Waals surface area contributed by atoms with Crippen molar-refractivity contribution in [1.82, 2.24) is 0 Å². The maximum Gasteiger partial charge on any atom is 0.313 e. The summed E-state index contributed by atoms with van der Waals surface area (Å²) in [6.07, 6.45) is 0. The van der Waals surface area contributed by atoms with Gasteiger partial charge in [-0.25, -0.2) is 0 Å². The minimum atomic E-state index is -1.13. The van der Waals surface area contributed by atoms with Gasteiger partial charge in [0.05, 0.1) is 13.8 Å². The summed E-state index contributed by atoms with van der Waals surface area (Å²) in [5.41, 5.74) is 0. The Kier molecular flexibility index (Phi) is 4.17. The monoisotopic (exact) mass is 192 g/mol. The van der Waals surface area contributed by atoms with E-state index in [2.05, 4.69) is 26.6 Å². The third kappa shape index (κ3) is 5.32. The van der Waals surface area contributed by atoms with Crippen LogP contribution in [-0.4, -0.2) is 29.8 Å². The van der Waals surface area contributed by atoms with Gasteiger partial charge in [-0.3, -0.25) is 4.79 Å². The number of rotatable bonds is 4. The molecule has 0 aliphatic rings.